The first-order valence-corrected chi connectivity index (χ1v) is 8.19. The zero-order valence-electron chi connectivity index (χ0n) is 13.2. The van der Waals surface area contributed by atoms with Crippen molar-refractivity contribution < 1.29 is 13.2 Å². The predicted octanol–water partition coefficient (Wildman–Crippen LogP) is 1.26. The minimum absolute atomic E-state index is 0. The van der Waals surface area contributed by atoms with Crippen LogP contribution in [0.1, 0.15) is 38.1 Å². The van der Waals surface area contributed by atoms with Crippen molar-refractivity contribution in [1.29, 1.82) is 0 Å². The molecular formula is C14H24ClN3O3S. The minimum atomic E-state index is -3.54. The van der Waals surface area contributed by atoms with Gasteiger partial charge in [0.2, 0.25) is 10.0 Å². The number of benzene rings is 1. The molecule has 126 valence electrons. The van der Waals surface area contributed by atoms with Gasteiger partial charge in [-0.2, -0.15) is 0 Å². The van der Waals surface area contributed by atoms with Crippen molar-refractivity contribution in [3.8, 4) is 0 Å². The van der Waals surface area contributed by atoms with Crippen LogP contribution in [0.15, 0.2) is 29.2 Å². The lowest BCUT2D eigenvalue weighted by molar-refractivity contribution is 0.0946. The summed E-state index contributed by atoms with van der Waals surface area (Å²) in [4.78, 5) is 12.0. The Morgan fingerprint density at radius 1 is 1.23 bits per heavy atom. The molecule has 0 heterocycles. The molecule has 0 aliphatic rings. The molecule has 1 amide bonds. The smallest absolute Gasteiger partial charge is 0.251 e. The van der Waals surface area contributed by atoms with Crippen molar-refractivity contribution in [2.75, 3.05) is 6.54 Å². The van der Waals surface area contributed by atoms with Crippen LogP contribution in [-0.2, 0) is 10.0 Å². The number of nitrogens with two attached hydrogens (primary N) is 1. The molecule has 0 aliphatic heterocycles. The van der Waals surface area contributed by atoms with Crippen LogP contribution in [0.25, 0.3) is 0 Å². The van der Waals surface area contributed by atoms with Crippen LogP contribution in [0.4, 0.5) is 0 Å². The van der Waals surface area contributed by atoms with E-state index < -0.39 is 15.6 Å². The Morgan fingerprint density at radius 3 is 2.14 bits per heavy atom. The highest BCUT2D eigenvalue weighted by molar-refractivity contribution is 7.89. The molecule has 0 bridgehead atoms. The average Bonchev–Trinajstić information content (AvgIpc) is 2.33. The van der Waals surface area contributed by atoms with Gasteiger partial charge in [-0.15, -0.1) is 12.4 Å². The molecule has 1 rings (SSSR count). The SMILES string of the molecule is CC(C)NS(=O)(=O)c1ccc(C(=O)NCC(C)(C)N)cc1.Cl. The van der Waals surface area contributed by atoms with Crippen molar-refractivity contribution in [2.24, 2.45) is 5.73 Å². The minimum Gasteiger partial charge on any atom is -0.350 e. The number of carbonyl (C=O) groups excluding carboxylic acids is 1. The Hall–Kier alpha value is -1.15. The summed E-state index contributed by atoms with van der Waals surface area (Å²) in [5, 5.41) is 2.70. The molecule has 0 saturated heterocycles. The molecule has 0 aliphatic carbocycles. The lowest BCUT2D eigenvalue weighted by Crippen LogP contribution is -2.45. The van der Waals surface area contributed by atoms with Gasteiger partial charge in [0.15, 0.2) is 0 Å². The largest absolute Gasteiger partial charge is 0.350 e. The zero-order chi connectivity index (χ0) is 16.3. The summed E-state index contributed by atoms with van der Waals surface area (Å²) in [6.45, 7) is 7.43. The van der Waals surface area contributed by atoms with Crippen LogP contribution in [0, 0.1) is 0 Å². The number of nitrogens with one attached hydrogen (secondary N) is 2. The van der Waals surface area contributed by atoms with Gasteiger partial charge in [-0.05, 0) is 52.0 Å². The van der Waals surface area contributed by atoms with E-state index in [9.17, 15) is 13.2 Å². The van der Waals surface area contributed by atoms with E-state index in [1.54, 1.807) is 27.7 Å². The molecular weight excluding hydrogens is 326 g/mol. The summed E-state index contributed by atoms with van der Waals surface area (Å²) in [6, 6.07) is 5.59. The third kappa shape index (κ3) is 6.74. The Kier molecular flexibility index (Phi) is 7.50. The number of hydrogen-bond donors (Lipinski definition) is 3. The first kappa shape index (κ1) is 20.9. The second-order valence-corrected chi connectivity index (χ2v) is 7.69. The van der Waals surface area contributed by atoms with Gasteiger partial charge in [-0.1, -0.05) is 0 Å². The van der Waals surface area contributed by atoms with Crippen molar-refractivity contribution in [3.05, 3.63) is 29.8 Å². The normalized spacial score (nSPS) is 11.9. The first-order valence-electron chi connectivity index (χ1n) is 6.71. The van der Waals surface area contributed by atoms with Gasteiger partial charge >= 0.3 is 0 Å². The molecule has 6 nitrogen and oxygen atoms in total. The van der Waals surface area contributed by atoms with Gasteiger partial charge in [0.25, 0.3) is 5.91 Å². The Morgan fingerprint density at radius 2 is 1.73 bits per heavy atom. The van der Waals surface area contributed by atoms with Crippen molar-refractivity contribution in [1.82, 2.24) is 10.0 Å². The maximum atomic E-state index is 12.0. The van der Waals surface area contributed by atoms with Crippen LogP contribution in [0.5, 0.6) is 0 Å². The summed E-state index contributed by atoms with van der Waals surface area (Å²) in [5.74, 6) is -0.283. The quantitative estimate of drug-likeness (QED) is 0.719. The summed E-state index contributed by atoms with van der Waals surface area (Å²) in [6.07, 6.45) is 0. The van der Waals surface area contributed by atoms with E-state index in [-0.39, 0.29) is 29.3 Å². The number of halogens is 1. The molecule has 0 radical (unpaired) electrons. The summed E-state index contributed by atoms with van der Waals surface area (Å²) >= 11 is 0. The van der Waals surface area contributed by atoms with Crippen LogP contribution >= 0.6 is 12.4 Å². The van der Waals surface area contributed by atoms with Crippen LogP contribution in [0.2, 0.25) is 0 Å². The molecule has 0 fully saturated rings. The maximum absolute atomic E-state index is 12.0. The topological polar surface area (TPSA) is 101 Å². The lowest BCUT2D eigenvalue weighted by Gasteiger charge is -2.18. The fourth-order valence-corrected chi connectivity index (χ4v) is 2.83. The molecule has 8 heteroatoms. The Labute approximate surface area is 138 Å². The number of amides is 1. The van der Waals surface area contributed by atoms with E-state index in [1.807, 2.05) is 0 Å². The number of rotatable bonds is 6. The lowest BCUT2D eigenvalue weighted by atomic mass is 10.1. The van der Waals surface area contributed by atoms with Gasteiger partial charge in [-0.3, -0.25) is 4.79 Å². The highest BCUT2D eigenvalue weighted by Crippen LogP contribution is 2.11. The molecule has 0 aromatic heterocycles. The summed E-state index contributed by atoms with van der Waals surface area (Å²) in [7, 11) is -3.54. The Bertz CT molecular complexity index is 593. The maximum Gasteiger partial charge on any atom is 0.251 e. The summed E-state index contributed by atoms with van der Waals surface area (Å²) < 4.78 is 26.4. The number of hydrogen-bond acceptors (Lipinski definition) is 4. The van der Waals surface area contributed by atoms with Crippen LogP contribution < -0.4 is 15.8 Å². The monoisotopic (exact) mass is 349 g/mol. The van der Waals surface area contributed by atoms with Crippen LogP contribution in [-0.4, -0.2) is 32.5 Å². The van der Waals surface area contributed by atoms with Gasteiger partial charge in [-0.25, -0.2) is 13.1 Å². The molecule has 0 spiro atoms. The van der Waals surface area contributed by atoms with Crippen molar-refractivity contribution in [2.45, 2.75) is 44.2 Å². The second-order valence-electron chi connectivity index (χ2n) is 5.97. The number of carbonyl (C=O) groups is 1. The average molecular weight is 350 g/mol. The van der Waals surface area contributed by atoms with Crippen molar-refractivity contribution in [3.63, 3.8) is 0 Å². The van der Waals surface area contributed by atoms with Crippen LogP contribution in [0.3, 0.4) is 0 Å². The molecule has 4 N–H and O–H groups in total. The zero-order valence-corrected chi connectivity index (χ0v) is 14.8. The van der Waals surface area contributed by atoms with Gasteiger partial charge in [0, 0.05) is 23.7 Å². The standard InChI is InChI=1S/C14H23N3O3S.ClH/c1-10(2)17-21(19,20)12-7-5-11(6-8-12)13(18)16-9-14(3,4)15;/h5-8,10,17H,9,15H2,1-4H3,(H,16,18);1H. The van der Waals surface area contributed by atoms with E-state index in [0.717, 1.165) is 0 Å². The second kappa shape index (κ2) is 7.92. The van der Waals surface area contributed by atoms with Gasteiger partial charge < -0.3 is 11.1 Å². The fraction of sp³-hybridized carbons (Fsp3) is 0.500. The molecule has 0 atom stereocenters. The number of sulfonamides is 1. The Balaban J connectivity index is 0.00000441. The van der Waals surface area contributed by atoms with E-state index >= 15 is 0 Å². The first-order chi connectivity index (χ1) is 9.51. The van der Waals surface area contributed by atoms with Crippen molar-refractivity contribution >= 4 is 28.3 Å². The van der Waals surface area contributed by atoms with E-state index in [4.69, 9.17) is 5.73 Å². The van der Waals surface area contributed by atoms with Gasteiger partial charge in [0.1, 0.15) is 0 Å². The highest BCUT2D eigenvalue weighted by Gasteiger charge is 2.17. The molecule has 0 saturated carbocycles. The fourth-order valence-electron chi connectivity index (χ4n) is 1.57. The highest BCUT2D eigenvalue weighted by atomic mass is 35.5. The predicted molar refractivity (Wildman–Crippen MR) is 89.7 cm³/mol. The molecule has 22 heavy (non-hydrogen) atoms. The van der Waals surface area contributed by atoms with Gasteiger partial charge in [0.05, 0.1) is 4.90 Å². The van der Waals surface area contributed by atoms with E-state index in [0.29, 0.717) is 12.1 Å². The molecule has 1 aromatic carbocycles. The third-order valence-electron chi connectivity index (χ3n) is 2.52. The third-order valence-corrected chi connectivity index (χ3v) is 4.20. The summed E-state index contributed by atoms with van der Waals surface area (Å²) in [5.41, 5.74) is 5.68. The molecule has 0 unspecified atom stereocenters. The van der Waals surface area contributed by atoms with E-state index in [2.05, 4.69) is 10.0 Å². The molecule has 1 aromatic rings. The van der Waals surface area contributed by atoms with E-state index in [1.165, 1.54) is 24.3 Å².